The third kappa shape index (κ3) is 3.13. The summed E-state index contributed by atoms with van der Waals surface area (Å²) >= 11 is 11.9. The molecule has 158 valence electrons. The summed E-state index contributed by atoms with van der Waals surface area (Å²) in [4.78, 5) is 25.3. The van der Waals surface area contributed by atoms with E-state index >= 15 is 0 Å². The number of benzene rings is 2. The van der Waals surface area contributed by atoms with Gasteiger partial charge in [-0.2, -0.15) is 0 Å². The van der Waals surface area contributed by atoms with Gasteiger partial charge in [-0.1, -0.05) is 30.1 Å². The monoisotopic (exact) mass is 455 g/mol. The first-order valence-corrected chi connectivity index (χ1v) is 9.66. The predicted octanol–water partition coefficient (Wildman–Crippen LogP) is 5.68. The van der Waals surface area contributed by atoms with E-state index in [4.69, 9.17) is 23.2 Å². The molecule has 0 radical (unpaired) electrons. The molecule has 0 saturated carbocycles. The van der Waals surface area contributed by atoms with Crippen molar-refractivity contribution >= 4 is 46.0 Å². The highest BCUT2D eigenvalue weighted by molar-refractivity contribution is 6.42. The highest BCUT2D eigenvalue weighted by atomic mass is 35.5. The molecule has 3 aromatic rings. The molecule has 0 fully saturated rings. The van der Waals surface area contributed by atoms with Gasteiger partial charge in [0.1, 0.15) is 0 Å². The molecule has 0 unspecified atom stereocenters. The average molecular weight is 456 g/mol. The van der Waals surface area contributed by atoms with Crippen molar-refractivity contribution in [1.82, 2.24) is 4.57 Å². The number of phenols is 1. The quantitative estimate of drug-likeness (QED) is 0.530. The van der Waals surface area contributed by atoms with E-state index in [1.54, 1.807) is 6.92 Å². The maximum Gasteiger partial charge on any atom is 0.313 e. The molecule has 0 spiro atoms. The number of nitrogens with zero attached hydrogens (tertiary/aromatic N) is 1. The van der Waals surface area contributed by atoms with E-state index in [2.05, 4.69) is 0 Å². The normalized spacial score (nSPS) is 13.4. The van der Waals surface area contributed by atoms with E-state index in [0.29, 0.717) is 0 Å². The lowest BCUT2D eigenvalue weighted by Crippen LogP contribution is -2.32. The lowest BCUT2D eigenvalue weighted by molar-refractivity contribution is -0.143. The van der Waals surface area contributed by atoms with E-state index in [1.807, 2.05) is 0 Å². The largest absolute Gasteiger partial charge is 0.503 e. The number of aromatic hydroxyl groups is 1. The van der Waals surface area contributed by atoms with Gasteiger partial charge in [-0.25, -0.2) is 8.78 Å². The third-order valence-corrected chi connectivity index (χ3v) is 6.20. The first kappa shape index (κ1) is 22.1. The van der Waals surface area contributed by atoms with Crippen LogP contribution in [0.15, 0.2) is 24.3 Å². The second kappa shape index (κ2) is 7.56. The Kier molecular flexibility index (Phi) is 5.56. The summed E-state index contributed by atoms with van der Waals surface area (Å²) in [7, 11) is 0. The summed E-state index contributed by atoms with van der Waals surface area (Å²) in [6.07, 6.45) is 0.0564. The fourth-order valence-electron chi connectivity index (χ4n) is 3.61. The van der Waals surface area contributed by atoms with Crippen LogP contribution in [0.2, 0.25) is 10.0 Å². The Bertz CT molecular complexity index is 1220. The standard InChI is InChI=1S/C21H17Cl2F2NO4/c1-4-21(3,20(29)30)16-9(2)26(14-8-13(24)18(27)17(25)15(14)16)19(28)10-5-6-11(22)12(23)7-10/h5-8,27H,4H2,1-3H3,(H,29,30)/t21-/m1/s1. The van der Waals surface area contributed by atoms with Crippen molar-refractivity contribution in [2.24, 2.45) is 0 Å². The fourth-order valence-corrected chi connectivity index (χ4v) is 3.91. The number of fused-ring (bicyclic) bond motifs is 1. The minimum absolute atomic E-state index is 0.0197. The molecule has 1 heterocycles. The second-order valence-electron chi connectivity index (χ2n) is 7.14. The number of hydrogen-bond acceptors (Lipinski definition) is 3. The number of carboxylic acid groups (broad SMARTS) is 1. The summed E-state index contributed by atoms with van der Waals surface area (Å²) < 4.78 is 30.2. The molecule has 30 heavy (non-hydrogen) atoms. The maximum absolute atomic E-state index is 15.0. The van der Waals surface area contributed by atoms with Crippen LogP contribution < -0.4 is 0 Å². The van der Waals surface area contributed by atoms with Gasteiger partial charge < -0.3 is 10.2 Å². The van der Waals surface area contributed by atoms with E-state index in [-0.39, 0.29) is 44.2 Å². The van der Waals surface area contributed by atoms with Crippen LogP contribution >= 0.6 is 23.2 Å². The van der Waals surface area contributed by atoms with Crippen molar-refractivity contribution < 1.29 is 28.6 Å². The van der Waals surface area contributed by atoms with Crippen molar-refractivity contribution in [3.8, 4) is 5.75 Å². The minimum Gasteiger partial charge on any atom is -0.503 e. The van der Waals surface area contributed by atoms with E-state index in [9.17, 15) is 28.6 Å². The zero-order valence-electron chi connectivity index (χ0n) is 16.2. The molecule has 0 aliphatic heterocycles. The Hall–Kier alpha value is -2.64. The SMILES string of the molecule is CC[C@@](C)(C(=O)O)c1c(C)n(C(=O)c2ccc(Cl)c(Cl)c2)c2cc(F)c(O)c(F)c12. The van der Waals surface area contributed by atoms with E-state index < -0.39 is 34.7 Å². The van der Waals surface area contributed by atoms with Gasteiger partial charge >= 0.3 is 5.97 Å². The van der Waals surface area contributed by atoms with Crippen LogP contribution in [-0.4, -0.2) is 26.7 Å². The highest BCUT2D eigenvalue weighted by Gasteiger charge is 2.40. The van der Waals surface area contributed by atoms with Gasteiger partial charge in [0.25, 0.3) is 5.91 Å². The average Bonchev–Trinajstić information content (AvgIpc) is 2.99. The number of hydrogen-bond donors (Lipinski definition) is 2. The van der Waals surface area contributed by atoms with Crippen molar-refractivity contribution in [3.63, 3.8) is 0 Å². The molecular weight excluding hydrogens is 439 g/mol. The molecule has 0 aliphatic carbocycles. The van der Waals surface area contributed by atoms with Crippen LogP contribution in [0, 0.1) is 18.6 Å². The van der Waals surface area contributed by atoms with E-state index in [0.717, 1.165) is 10.6 Å². The van der Waals surface area contributed by atoms with Gasteiger partial charge in [0.05, 0.1) is 21.0 Å². The third-order valence-electron chi connectivity index (χ3n) is 5.46. The van der Waals surface area contributed by atoms with Crippen molar-refractivity contribution in [2.75, 3.05) is 0 Å². The number of rotatable bonds is 4. The number of carbonyl (C=O) groups is 2. The molecular formula is C21H17Cl2F2NO4. The number of carboxylic acids is 1. The molecule has 0 aliphatic rings. The summed E-state index contributed by atoms with van der Waals surface area (Å²) in [5, 5.41) is 19.6. The molecule has 3 rings (SSSR count). The molecule has 1 atom stereocenters. The van der Waals surface area contributed by atoms with Crippen LogP contribution in [-0.2, 0) is 10.2 Å². The van der Waals surface area contributed by atoms with Crippen molar-refractivity contribution in [1.29, 1.82) is 0 Å². The maximum atomic E-state index is 15.0. The molecule has 9 heteroatoms. The van der Waals surface area contributed by atoms with Crippen LogP contribution in [0.1, 0.15) is 41.9 Å². The molecule has 0 bridgehead atoms. The lowest BCUT2D eigenvalue weighted by atomic mass is 9.78. The number of phenolic OH excluding ortho intramolecular Hbond substituents is 1. The first-order chi connectivity index (χ1) is 14.0. The molecule has 2 N–H and O–H groups in total. The van der Waals surface area contributed by atoms with Crippen LogP contribution in [0.3, 0.4) is 0 Å². The molecule has 0 amide bonds. The lowest BCUT2D eigenvalue weighted by Gasteiger charge is -2.24. The van der Waals surface area contributed by atoms with Crippen LogP contribution in [0.25, 0.3) is 10.9 Å². The zero-order chi connectivity index (χ0) is 22.5. The van der Waals surface area contributed by atoms with E-state index in [1.165, 1.54) is 32.0 Å². The highest BCUT2D eigenvalue weighted by Crippen LogP contribution is 2.42. The van der Waals surface area contributed by atoms with Gasteiger partial charge in [-0.05, 0) is 38.5 Å². The summed E-state index contributed by atoms with van der Waals surface area (Å²) in [5.74, 6) is -5.79. The summed E-state index contributed by atoms with van der Waals surface area (Å²) in [5.41, 5.74) is -1.63. The zero-order valence-corrected chi connectivity index (χ0v) is 17.7. The van der Waals surface area contributed by atoms with Crippen molar-refractivity contribution in [3.05, 3.63) is 62.8 Å². The van der Waals surface area contributed by atoms with Gasteiger partial charge in [0, 0.05) is 28.3 Å². The van der Waals surface area contributed by atoms with Gasteiger partial charge in [-0.15, -0.1) is 0 Å². The molecule has 1 aromatic heterocycles. The smallest absolute Gasteiger partial charge is 0.313 e. The van der Waals surface area contributed by atoms with Gasteiger partial charge in [0.15, 0.2) is 17.4 Å². The Balaban J connectivity index is 2.46. The number of carbonyl (C=O) groups excluding carboxylic acids is 1. The topological polar surface area (TPSA) is 79.5 Å². The first-order valence-electron chi connectivity index (χ1n) is 8.91. The van der Waals surface area contributed by atoms with Crippen molar-refractivity contribution in [2.45, 2.75) is 32.6 Å². The van der Waals surface area contributed by atoms with Crippen LogP contribution in [0.5, 0.6) is 5.75 Å². The Morgan fingerprint density at radius 3 is 2.33 bits per heavy atom. The van der Waals surface area contributed by atoms with Gasteiger partial charge in [-0.3, -0.25) is 14.2 Å². The number of halogens is 4. The number of aromatic nitrogens is 1. The number of aliphatic carboxylic acids is 1. The predicted molar refractivity (Wildman–Crippen MR) is 110 cm³/mol. The second-order valence-corrected chi connectivity index (χ2v) is 7.95. The fraction of sp³-hybridized carbons (Fsp3) is 0.238. The Morgan fingerprint density at radius 2 is 1.80 bits per heavy atom. The Labute approximate surface area is 180 Å². The van der Waals surface area contributed by atoms with Gasteiger partial charge in [0.2, 0.25) is 0 Å². The van der Waals surface area contributed by atoms with Crippen LogP contribution in [0.4, 0.5) is 8.78 Å². The molecule has 0 saturated heterocycles. The molecule has 5 nitrogen and oxygen atoms in total. The molecule has 2 aromatic carbocycles. The summed E-state index contributed by atoms with van der Waals surface area (Å²) in [6, 6.07) is 4.91. The Morgan fingerprint density at radius 1 is 1.17 bits per heavy atom. The summed E-state index contributed by atoms with van der Waals surface area (Å²) in [6.45, 7) is 4.42. The minimum atomic E-state index is -1.60.